The lowest BCUT2D eigenvalue weighted by Crippen LogP contribution is -2.68. The molecule has 5 unspecified atom stereocenters. The molecule has 1 N–H and O–H groups in total. The minimum Gasteiger partial charge on any atom is -0.497 e. The summed E-state index contributed by atoms with van der Waals surface area (Å²) in [6, 6.07) is 6.99. The van der Waals surface area contributed by atoms with Gasteiger partial charge in [-0.05, 0) is 98.1 Å². The Bertz CT molecular complexity index is 2310. The summed E-state index contributed by atoms with van der Waals surface area (Å²) in [6.07, 6.45) is 3.50. The van der Waals surface area contributed by atoms with Crippen molar-refractivity contribution in [3.63, 3.8) is 0 Å². The van der Waals surface area contributed by atoms with Crippen molar-refractivity contribution in [2.75, 3.05) is 60.6 Å². The first-order valence-corrected chi connectivity index (χ1v) is 20.1. The van der Waals surface area contributed by atoms with Gasteiger partial charge in [0.1, 0.15) is 23.7 Å². The van der Waals surface area contributed by atoms with Crippen LogP contribution in [0.2, 0.25) is 0 Å². The number of aryl methyl sites for hydroxylation is 1. The fraction of sp³-hybridized carbons (Fsp3) is 0.488. The lowest BCUT2D eigenvalue weighted by molar-refractivity contribution is -0.162. The molecule has 6 atom stereocenters. The van der Waals surface area contributed by atoms with Crippen molar-refractivity contribution >= 4 is 34.6 Å². The summed E-state index contributed by atoms with van der Waals surface area (Å²) in [7, 11) is 5.43. The maximum atomic E-state index is 15.0. The predicted molar refractivity (Wildman–Crippen MR) is 207 cm³/mol. The number of nitroso groups, excluding NO2 is 1. The van der Waals surface area contributed by atoms with Gasteiger partial charge < -0.3 is 28.1 Å². The first kappa shape index (κ1) is 35.1. The second-order valence-electron chi connectivity index (χ2n) is 15.7. The highest BCUT2D eigenvalue weighted by Crippen LogP contribution is 2.61. The number of furan rings is 1. The molecule has 4 aromatic rings. The number of carbonyl (C=O) groups is 1. The standard InChI is InChI=1S/C41H45N5O8S/c1-19-12-22-13-23-15-45-27-16-51-40(47)41(39-25(10-11-42-41)26-14-24(49-5)8-9-28(26)54-39)17-46(55-7)34(29-20(2)21(3)37-38(31(27)29)53-18-52-37)35(45)33(44(23)4)30(22)32(43-48)36(19)50-6/h8-9,12,14,23,27,33-35,42H,10-11,13,15-18H2,1-7H3/t23?,27?,33?,34?,35?,41-/m1/s1. The quantitative estimate of drug-likeness (QED) is 0.147. The molecule has 2 fully saturated rings. The molecule has 7 aliphatic heterocycles. The third-order valence-electron chi connectivity index (χ3n) is 13.4. The van der Waals surface area contributed by atoms with E-state index in [1.165, 1.54) is 0 Å². The van der Waals surface area contributed by atoms with Gasteiger partial charge in [-0.15, -0.1) is 4.91 Å². The van der Waals surface area contributed by atoms with Crippen molar-refractivity contribution in [3.05, 3.63) is 79.4 Å². The number of esters is 1. The van der Waals surface area contributed by atoms with E-state index in [2.05, 4.69) is 57.8 Å². The molecule has 8 heterocycles. The van der Waals surface area contributed by atoms with Crippen LogP contribution >= 0.6 is 11.9 Å². The number of hydrogen-bond acceptors (Lipinski definition) is 14. The van der Waals surface area contributed by atoms with Crippen LogP contribution < -0.4 is 24.3 Å². The van der Waals surface area contributed by atoms with Gasteiger partial charge in [-0.3, -0.25) is 15.1 Å². The maximum absolute atomic E-state index is 15.0. The fourth-order valence-electron chi connectivity index (χ4n) is 10.9. The molecule has 11 rings (SSSR count). The Morgan fingerprint density at radius 1 is 1.00 bits per heavy atom. The van der Waals surface area contributed by atoms with Crippen molar-refractivity contribution in [1.29, 1.82) is 0 Å². The van der Waals surface area contributed by atoms with Gasteiger partial charge >= 0.3 is 5.97 Å². The van der Waals surface area contributed by atoms with Crippen LogP contribution in [-0.4, -0.2) is 92.7 Å². The number of piperazine rings is 1. The number of rotatable bonds is 4. The molecule has 0 amide bonds. The van der Waals surface area contributed by atoms with E-state index in [1.54, 1.807) is 26.2 Å². The summed E-state index contributed by atoms with van der Waals surface area (Å²) in [6.45, 7) is 7.97. The monoisotopic (exact) mass is 767 g/mol. The lowest BCUT2D eigenvalue weighted by atomic mass is 9.70. The Kier molecular flexibility index (Phi) is 8.03. The molecule has 2 saturated heterocycles. The highest BCUT2D eigenvalue weighted by molar-refractivity contribution is 7.96. The van der Waals surface area contributed by atoms with Crippen LogP contribution in [0.5, 0.6) is 23.0 Å². The molecule has 1 aromatic heterocycles. The van der Waals surface area contributed by atoms with Gasteiger partial charge in [-0.2, -0.15) is 0 Å². The number of benzene rings is 3. The molecule has 288 valence electrons. The minimum absolute atomic E-state index is 0.0887. The van der Waals surface area contributed by atoms with Crippen molar-refractivity contribution in [3.8, 4) is 23.0 Å². The molecular formula is C41H45N5O8S. The molecule has 55 heavy (non-hydrogen) atoms. The van der Waals surface area contributed by atoms with Gasteiger partial charge in [-0.25, -0.2) is 9.10 Å². The molecule has 14 heteroatoms. The fourth-order valence-corrected chi connectivity index (χ4v) is 11.6. The summed E-state index contributed by atoms with van der Waals surface area (Å²) in [5.41, 5.74) is 7.93. The first-order valence-electron chi connectivity index (χ1n) is 18.9. The molecule has 0 radical (unpaired) electrons. The molecule has 1 spiro atoms. The average molecular weight is 768 g/mol. The van der Waals surface area contributed by atoms with Crippen LogP contribution in [0.3, 0.4) is 0 Å². The SMILES string of the molecule is COc1ccc2oc3c(c2c1)CCN[C@]31CN(SC)C2c3c(C)c(C)c4c(c3C(COC1=O)N1CC3Cc5cc(C)c(OC)c(N=O)c5C(C21)N3C)OCO4. The van der Waals surface area contributed by atoms with Gasteiger partial charge in [-0.1, -0.05) is 18.0 Å². The molecule has 0 saturated carbocycles. The van der Waals surface area contributed by atoms with Crippen LogP contribution in [0.4, 0.5) is 5.69 Å². The van der Waals surface area contributed by atoms with Crippen LogP contribution in [0.25, 0.3) is 11.0 Å². The third-order valence-corrected chi connectivity index (χ3v) is 14.2. The number of nitrogens with zero attached hydrogens (tertiary/aromatic N) is 4. The van der Waals surface area contributed by atoms with Crippen LogP contribution in [-0.2, 0) is 27.9 Å². The summed E-state index contributed by atoms with van der Waals surface area (Å²) < 4.78 is 39.6. The van der Waals surface area contributed by atoms with E-state index >= 15 is 0 Å². The number of ether oxygens (including phenoxy) is 5. The first-order chi connectivity index (χ1) is 26.6. The third kappa shape index (κ3) is 4.66. The van der Waals surface area contributed by atoms with Crippen LogP contribution in [0, 0.1) is 25.7 Å². The summed E-state index contributed by atoms with van der Waals surface area (Å²) in [5, 5.41) is 8.27. The Hall–Kier alpha value is -4.34. The minimum atomic E-state index is -1.31. The van der Waals surface area contributed by atoms with Crippen molar-refractivity contribution < 1.29 is 32.9 Å². The van der Waals surface area contributed by atoms with E-state index in [-0.39, 0.29) is 56.1 Å². The normalized spacial score (nSPS) is 28.3. The van der Waals surface area contributed by atoms with Gasteiger partial charge in [0.25, 0.3) is 0 Å². The average Bonchev–Trinajstić information content (AvgIpc) is 3.83. The Morgan fingerprint density at radius 2 is 1.82 bits per heavy atom. The molecular weight excluding hydrogens is 723 g/mol. The molecule has 3 aromatic carbocycles. The maximum Gasteiger partial charge on any atom is 0.335 e. The Balaban J connectivity index is 1.24. The largest absolute Gasteiger partial charge is 0.497 e. The second kappa shape index (κ2) is 12.6. The second-order valence-corrected chi connectivity index (χ2v) is 16.5. The number of carbonyl (C=O) groups excluding carboxylic acids is 1. The molecule has 13 nitrogen and oxygen atoms in total. The van der Waals surface area contributed by atoms with Gasteiger partial charge in [0.15, 0.2) is 28.5 Å². The summed E-state index contributed by atoms with van der Waals surface area (Å²) >= 11 is 1.60. The van der Waals surface area contributed by atoms with E-state index in [0.29, 0.717) is 42.3 Å². The number of likely N-dealkylation sites (N-methyl/N-ethyl adjacent to an activating group) is 1. The topological polar surface area (TPSA) is 128 Å². The predicted octanol–water partition coefficient (Wildman–Crippen LogP) is 6.06. The number of methoxy groups -OCH3 is 2. The number of hydrogen-bond donors (Lipinski definition) is 1. The van der Waals surface area contributed by atoms with Crippen molar-refractivity contribution in [1.82, 2.24) is 19.4 Å². The van der Waals surface area contributed by atoms with E-state index in [1.807, 2.05) is 25.1 Å². The highest BCUT2D eigenvalue weighted by Gasteiger charge is 2.60. The van der Waals surface area contributed by atoms with Crippen molar-refractivity contribution in [2.24, 2.45) is 5.18 Å². The zero-order valence-corrected chi connectivity index (χ0v) is 32.9. The van der Waals surface area contributed by atoms with E-state index in [9.17, 15) is 9.70 Å². The molecule has 4 bridgehead atoms. The van der Waals surface area contributed by atoms with E-state index in [0.717, 1.165) is 73.6 Å². The van der Waals surface area contributed by atoms with Gasteiger partial charge in [0.2, 0.25) is 6.79 Å². The summed E-state index contributed by atoms with van der Waals surface area (Å²) in [4.78, 5) is 32.9. The lowest BCUT2D eigenvalue weighted by Gasteiger charge is -2.62. The van der Waals surface area contributed by atoms with Gasteiger partial charge in [0, 0.05) is 47.8 Å². The van der Waals surface area contributed by atoms with Gasteiger partial charge in [0.05, 0.1) is 38.4 Å². The van der Waals surface area contributed by atoms with Crippen LogP contribution in [0.1, 0.15) is 68.4 Å². The molecule has 0 aliphatic carbocycles. The molecule has 7 aliphatic rings. The Labute approximate surface area is 323 Å². The zero-order valence-electron chi connectivity index (χ0n) is 32.1. The zero-order chi connectivity index (χ0) is 38.1. The summed E-state index contributed by atoms with van der Waals surface area (Å²) in [5.74, 6) is 2.90. The smallest absolute Gasteiger partial charge is 0.335 e. The van der Waals surface area contributed by atoms with Crippen LogP contribution in [0.15, 0.2) is 33.9 Å². The van der Waals surface area contributed by atoms with E-state index in [4.69, 9.17) is 28.1 Å². The number of fused-ring (bicyclic) bond motifs is 11. The van der Waals surface area contributed by atoms with E-state index < -0.39 is 5.54 Å². The van der Waals surface area contributed by atoms with Crippen molar-refractivity contribution in [2.45, 2.75) is 69.4 Å². The number of nitrogens with one attached hydrogen (secondary N) is 1. The Morgan fingerprint density at radius 3 is 2.58 bits per heavy atom. The highest BCUT2D eigenvalue weighted by atomic mass is 32.2.